The Labute approximate surface area is 65.2 Å². The second-order valence-corrected chi connectivity index (χ2v) is 2.24. The molecule has 0 saturated carbocycles. The first-order valence-corrected chi connectivity index (χ1v) is 3.46. The van der Waals surface area contributed by atoms with Crippen molar-refractivity contribution in [2.24, 2.45) is 10.9 Å². The van der Waals surface area contributed by atoms with Crippen molar-refractivity contribution < 1.29 is 0 Å². The van der Waals surface area contributed by atoms with Crippen LogP contribution in [0.1, 0.15) is 6.42 Å². The minimum Gasteiger partial charge on any atom is -0.372 e. The third kappa shape index (κ3) is 1.68. The lowest BCUT2D eigenvalue weighted by Crippen LogP contribution is -2.34. The number of nitrogens with zero attached hydrogens (tertiary/aromatic N) is 3. The van der Waals surface area contributed by atoms with E-state index >= 15 is 0 Å². The highest BCUT2D eigenvalue weighted by molar-refractivity contribution is 5.89. The fourth-order valence-electron chi connectivity index (χ4n) is 0.895. The molecule has 0 saturated heterocycles. The molecule has 4 nitrogen and oxygen atoms in total. The van der Waals surface area contributed by atoms with E-state index in [0.29, 0.717) is 5.84 Å². The summed E-state index contributed by atoms with van der Waals surface area (Å²) in [4.78, 5) is 4.03. The molecule has 56 valence electrons. The average Bonchev–Trinajstić information content (AvgIpc) is 2.09. The van der Waals surface area contributed by atoms with Gasteiger partial charge in [0.05, 0.1) is 12.1 Å². The number of rotatable bonds is 1. The Bertz CT molecular complexity index is 228. The summed E-state index contributed by atoms with van der Waals surface area (Å²) in [6.45, 7) is 1.54. The first-order chi connectivity index (χ1) is 5.38. The maximum absolute atomic E-state index is 8.48. The van der Waals surface area contributed by atoms with E-state index < -0.39 is 5.92 Å². The lowest BCUT2D eigenvalue weighted by Gasteiger charge is -2.13. The molecule has 11 heavy (non-hydrogen) atoms. The molecule has 0 unspecified atom stereocenters. The zero-order valence-corrected chi connectivity index (χ0v) is 6.04. The third-order valence-corrected chi connectivity index (χ3v) is 1.45. The number of hydrogen-bond acceptors (Lipinski definition) is 4. The molecule has 1 N–H and O–H groups in total. The van der Waals surface area contributed by atoms with Crippen molar-refractivity contribution in [1.29, 1.82) is 10.5 Å². The molecule has 1 rings (SSSR count). The molecule has 0 radical (unpaired) electrons. The van der Waals surface area contributed by atoms with Gasteiger partial charge < -0.3 is 5.32 Å². The lowest BCUT2D eigenvalue weighted by atomic mass is 10.1. The van der Waals surface area contributed by atoms with Crippen LogP contribution in [0.4, 0.5) is 0 Å². The van der Waals surface area contributed by atoms with E-state index in [1.165, 1.54) is 0 Å². The van der Waals surface area contributed by atoms with Crippen LogP contribution in [0, 0.1) is 28.6 Å². The van der Waals surface area contributed by atoms with Crippen LogP contribution in [0.3, 0.4) is 0 Å². The summed E-state index contributed by atoms with van der Waals surface area (Å²) in [7, 11) is 0. The minimum atomic E-state index is -0.713. The first kappa shape index (κ1) is 7.56. The molecule has 0 aromatic heterocycles. The van der Waals surface area contributed by atoms with Gasteiger partial charge in [0.15, 0.2) is 5.92 Å². The van der Waals surface area contributed by atoms with E-state index in [4.69, 9.17) is 10.5 Å². The Morgan fingerprint density at radius 2 is 2.18 bits per heavy atom. The Morgan fingerprint density at radius 3 is 2.64 bits per heavy atom. The summed E-state index contributed by atoms with van der Waals surface area (Å²) in [5.41, 5.74) is 0. The van der Waals surface area contributed by atoms with Crippen molar-refractivity contribution in [1.82, 2.24) is 5.32 Å². The standard InChI is InChI=1S/C7H8N4/c8-4-6(5-9)7-10-2-1-3-11-7/h6H,1-3H2,(H,10,11). The van der Waals surface area contributed by atoms with Crippen LogP contribution in [0.25, 0.3) is 0 Å². The maximum Gasteiger partial charge on any atom is 0.189 e. The molecular formula is C7H8N4. The first-order valence-electron chi connectivity index (χ1n) is 3.46. The Hall–Kier alpha value is -1.55. The predicted molar refractivity (Wildman–Crippen MR) is 39.6 cm³/mol. The monoisotopic (exact) mass is 148 g/mol. The van der Waals surface area contributed by atoms with Gasteiger partial charge in [-0.2, -0.15) is 10.5 Å². The highest BCUT2D eigenvalue weighted by Gasteiger charge is 2.15. The third-order valence-electron chi connectivity index (χ3n) is 1.45. The van der Waals surface area contributed by atoms with Crippen LogP contribution in [0.5, 0.6) is 0 Å². The van der Waals surface area contributed by atoms with Gasteiger partial charge in [-0.15, -0.1) is 0 Å². The van der Waals surface area contributed by atoms with Gasteiger partial charge in [0.25, 0.3) is 0 Å². The molecule has 1 heterocycles. The van der Waals surface area contributed by atoms with E-state index in [9.17, 15) is 0 Å². The zero-order chi connectivity index (χ0) is 8.10. The number of hydrogen-bond donors (Lipinski definition) is 1. The van der Waals surface area contributed by atoms with Crippen LogP contribution in [-0.4, -0.2) is 18.9 Å². The predicted octanol–water partition coefficient (Wildman–Crippen LogP) is 0.0416. The highest BCUT2D eigenvalue weighted by Crippen LogP contribution is 1.99. The van der Waals surface area contributed by atoms with Gasteiger partial charge in [0.1, 0.15) is 5.84 Å². The van der Waals surface area contributed by atoms with E-state index in [-0.39, 0.29) is 0 Å². The molecule has 1 aliphatic rings. The molecule has 0 aromatic carbocycles. The number of amidine groups is 1. The van der Waals surface area contributed by atoms with Gasteiger partial charge in [0.2, 0.25) is 0 Å². The molecule has 1 aliphatic heterocycles. The fourth-order valence-corrected chi connectivity index (χ4v) is 0.895. The van der Waals surface area contributed by atoms with E-state index in [1.54, 1.807) is 0 Å². The lowest BCUT2D eigenvalue weighted by molar-refractivity contribution is 0.722. The summed E-state index contributed by atoms with van der Waals surface area (Å²) in [5, 5.41) is 19.9. The molecule has 0 amide bonds. The fraction of sp³-hybridized carbons (Fsp3) is 0.571. The summed E-state index contributed by atoms with van der Waals surface area (Å²) in [5.74, 6) is -0.184. The zero-order valence-electron chi connectivity index (χ0n) is 6.04. The van der Waals surface area contributed by atoms with Crippen molar-refractivity contribution in [2.45, 2.75) is 6.42 Å². The molecule has 0 atom stereocenters. The maximum atomic E-state index is 8.48. The Kier molecular flexibility index (Phi) is 2.46. The average molecular weight is 148 g/mol. The van der Waals surface area contributed by atoms with Gasteiger partial charge in [-0.05, 0) is 6.42 Å². The summed E-state index contributed by atoms with van der Waals surface area (Å²) in [6, 6.07) is 3.73. The Balaban J connectivity index is 2.67. The molecule has 0 aromatic rings. The van der Waals surface area contributed by atoms with E-state index in [2.05, 4.69) is 10.3 Å². The van der Waals surface area contributed by atoms with Crippen LogP contribution in [-0.2, 0) is 0 Å². The highest BCUT2D eigenvalue weighted by atomic mass is 15.0. The van der Waals surface area contributed by atoms with Crippen molar-refractivity contribution in [3.63, 3.8) is 0 Å². The smallest absolute Gasteiger partial charge is 0.189 e. The van der Waals surface area contributed by atoms with Gasteiger partial charge in [0, 0.05) is 13.1 Å². The van der Waals surface area contributed by atoms with Gasteiger partial charge in [-0.3, -0.25) is 4.99 Å². The van der Waals surface area contributed by atoms with Crippen molar-refractivity contribution in [3.8, 4) is 12.1 Å². The van der Waals surface area contributed by atoms with E-state index in [1.807, 2.05) is 12.1 Å². The summed E-state index contributed by atoms with van der Waals surface area (Å²) < 4.78 is 0. The number of aliphatic imine (C=N–C) groups is 1. The van der Waals surface area contributed by atoms with Crippen LogP contribution >= 0.6 is 0 Å². The van der Waals surface area contributed by atoms with Gasteiger partial charge >= 0.3 is 0 Å². The van der Waals surface area contributed by atoms with E-state index in [0.717, 1.165) is 19.5 Å². The number of nitriles is 2. The second kappa shape index (κ2) is 3.58. The Morgan fingerprint density at radius 1 is 1.45 bits per heavy atom. The topological polar surface area (TPSA) is 72.0 Å². The summed E-state index contributed by atoms with van der Waals surface area (Å²) >= 11 is 0. The molecule has 0 bridgehead atoms. The molecule has 0 fully saturated rings. The summed E-state index contributed by atoms with van der Waals surface area (Å²) in [6.07, 6.45) is 0.979. The van der Waals surface area contributed by atoms with Gasteiger partial charge in [-0.25, -0.2) is 0 Å². The van der Waals surface area contributed by atoms with Gasteiger partial charge in [-0.1, -0.05) is 0 Å². The quantitative estimate of drug-likeness (QED) is 0.570. The molecule has 0 spiro atoms. The molecule has 4 heteroatoms. The minimum absolute atomic E-state index is 0.529. The molecule has 0 aliphatic carbocycles. The van der Waals surface area contributed by atoms with Crippen LogP contribution < -0.4 is 5.32 Å². The SMILES string of the molecule is N#CC(C#N)C1=NCCCN1. The van der Waals surface area contributed by atoms with Crippen molar-refractivity contribution >= 4 is 5.84 Å². The molecular weight excluding hydrogens is 140 g/mol. The van der Waals surface area contributed by atoms with Crippen LogP contribution in [0.15, 0.2) is 4.99 Å². The van der Waals surface area contributed by atoms with Crippen molar-refractivity contribution in [3.05, 3.63) is 0 Å². The largest absolute Gasteiger partial charge is 0.372 e. The van der Waals surface area contributed by atoms with Crippen molar-refractivity contribution in [2.75, 3.05) is 13.1 Å². The normalized spacial score (nSPS) is 16.1. The van der Waals surface area contributed by atoms with Crippen LogP contribution in [0.2, 0.25) is 0 Å². The number of nitrogens with one attached hydrogen (secondary N) is 1. The second-order valence-electron chi connectivity index (χ2n) is 2.24.